The van der Waals surface area contributed by atoms with Crippen molar-refractivity contribution in [1.29, 1.82) is 0 Å². The quantitative estimate of drug-likeness (QED) is 0.443. The van der Waals surface area contributed by atoms with Crippen molar-refractivity contribution in [2.45, 2.75) is 13.8 Å². The van der Waals surface area contributed by atoms with Crippen molar-refractivity contribution in [3.05, 3.63) is 36.1 Å². The third kappa shape index (κ3) is 4.88. The highest BCUT2D eigenvalue weighted by Crippen LogP contribution is 1.94. The molecule has 0 spiro atoms. The number of hydrogen-bond acceptors (Lipinski definition) is 1. The van der Waals surface area contributed by atoms with E-state index in [-0.39, 0.29) is 0 Å². The van der Waals surface area contributed by atoms with Crippen LogP contribution in [-0.2, 0) is 0 Å². The van der Waals surface area contributed by atoms with Crippen LogP contribution >= 0.6 is 0 Å². The Morgan fingerprint density at radius 3 is 2.22 bits per heavy atom. The molecule has 1 nitrogen and oxygen atoms in total. The van der Waals surface area contributed by atoms with Crippen LogP contribution in [0.3, 0.4) is 0 Å². The molecular weight excluding hydrogens is 112 g/mol. The smallest absolute Gasteiger partial charge is 0.0891 e. The second-order valence-corrected chi connectivity index (χ2v) is 1.92. The monoisotopic (exact) mass is 124 g/mol. The van der Waals surface area contributed by atoms with Crippen LogP contribution < -0.4 is 0 Å². The molecule has 0 heterocycles. The van der Waals surface area contributed by atoms with Gasteiger partial charge in [0.1, 0.15) is 0 Å². The molecule has 0 aromatic rings. The second kappa shape index (κ2) is 3.96. The van der Waals surface area contributed by atoms with E-state index >= 15 is 0 Å². The normalized spacial score (nSPS) is 13.6. The number of allylic oxidation sites excluding steroid dienone is 5. The Balaban J connectivity index is 3.98. The molecule has 0 fully saturated rings. The van der Waals surface area contributed by atoms with Gasteiger partial charge in [-0.05, 0) is 19.9 Å². The maximum atomic E-state index is 8.68. The molecule has 0 aliphatic heterocycles. The number of aliphatic hydroxyl groups excluding tert-OH is 1. The molecule has 0 radical (unpaired) electrons. The van der Waals surface area contributed by atoms with Crippen molar-refractivity contribution in [2.24, 2.45) is 0 Å². The summed E-state index contributed by atoms with van der Waals surface area (Å²) in [6, 6.07) is 0. The Labute approximate surface area is 56.0 Å². The fourth-order valence-corrected chi connectivity index (χ4v) is 0.320. The fraction of sp³-hybridized carbons (Fsp3) is 0.250. The highest BCUT2D eigenvalue weighted by atomic mass is 16.3. The summed E-state index contributed by atoms with van der Waals surface area (Å²) in [6.07, 6.45) is 5.18. The highest BCUT2D eigenvalue weighted by molar-refractivity contribution is 5.20. The lowest BCUT2D eigenvalue weighted by molar-refractivity contribution is 0.414. The van der Waals surface area contributed by atoms with Crippen LogP contribution in [0.2, 0.25) is 0 Å². The summed E-state index contributed by atoms with van der Waals surface area (Å²) in [5, 5.41) is 8.68. The zero-order valence-corrected chi connectivity index (χ0v) is 5.89. The molecule has 0 aliphatic carbocycles. The first-order chi connectivity index (χ1) is 4.16. The molecule has 0 aromatic heterocycles. The van der Waals surface area contributed by atoms with Gasteiger partial charge < -0.3 is 5.11 Å². The Bertz CT molecular complexity index is 148. The van der Waals surface area contributed by atoms with Gasteiger partial charge in [0.15, 0.2) is 0 Å². The molecule has 50 valence electrons. The third-order valence-electron chi connectivity index (χ3n) is 0.909. The van der Waals surface area contributed by atoms with E-state index in [1.807, 2.05) is 13.0 Å². The zero-order chi connectivity index (χ0) is 7.28. The van der Waals surface area contributed by atoms with E-state index in [0.717, 1.165) is 5.57 Å². The van der Waals surface area contributed by atoms with Crippen molar-refractivity contribution in [3.63, 3.8) is 0 Å². The lowest BCUT2D eigenvalue weighted by Gasteiger charge is -1.85. The van der Waals surface area contributed by atoms with E-state index in [1.54, 1.807) is 19.1 Å². The van der Waals surface area contributed by atoms with Gasteiger partial charge in [0.05, 0.1) is 5.76 Å². The van der Waals surface area contributed by atoms with E-state index < -0.39 is 0 Å². The Kier molecular flexibility index (Phi) is 3.52. The summed E-state index contributed by atoms with van der Waals surface area (Å²) >= 11 is 0. The maximum Gasteiger partial charge on any atom is 0.0891 e. The van der Waals surface area contributed by atoms with Gasteiger partial charge in [0, 0.05) is 0 Å². The van der Waals surface area contributed by atoms with Crippen molar-refractivity contribution in [3.8, 4) is 0 Å². The van der Waals surface area contributed by atoms with Gasteiger partial charge in [-0.3, -0.25) is 0 Å². The molecule has 0 unspecified atom stereocenters. The first-order valence-electron chi connectivity index (χ1n) is 2.83. The van der Waals surface area contributed by atoms with Crippen LogP contribution in [0.4, 0.5) is 0 Å². The highest BCUT2D eigenvalue weighted by Gasteiger charge is 1.76. The molecule has 0 rings (SSSR count). The average Bonchev–Trinajstić information content (AvgIpc) is 1.83. The van der Waals surface area contributed by atoms with Crippen molar-refractivity contribution >= 4 is 0 Å². The summed E-state index contributed by atoms with van der Waals surface area (Å²) in [4.78, 5) is 0. The molecule has 0 bridgehead atoms. The predicted octanol–water partition coefficient (Wildman–Crippen LogP) is 2.58. The molecule has 0 saturated carbocycles. The van der Waals surface area contributed by atoms with Crippen LogP contribution in [0.5, 0.6) is 0 Å². The van der Waals surface area contributed by atoms with Crippen LogP contribution in [0, 0.1) is 0 Å². The Morgan fingerprint density at radius 1 is 1.33 bits per heavy atom. The maximum absolute atomic E-state index is 8.68. The van der Waals surface area contributed by atoms with E-state index in [0.29, 0.717) is 5.76 Å². The summed E-state index contributed by atoms with van der Waals surface area (Å²) in [6.45, 7) is 7.11. The van der Waals surface area contributed by atoms with Crippen molar-refractivity contribution in [2.75, 3.05) is 0 Å². The second-order valence-electron chi connectivity index (χ2n) is 1.92. The van der Waals surface area contributed by atoms with E-state index in [9.17, 15) is 0 Å². The van der Waals surface area contributed by atoms with E-state index in [2.05, 4.69) is 6.58 Å². The van der Waals surface area contributed by atoms with Gasteiger partial charge in [0.25, 0.3) is 0 Å². The van der Waals surface area contributed by atoms with E-state index in [1.165, 1.54) is 0 Å². The molecule has 0 amide bonds. The molecule has 1 N–H and O–H groups in total. The first kappa shape index (κ1) is 8.02. The molecular formula is C8H12O. The molecule has 9 heavy (non-hydrogen) atoms. The average molecular weight is 124 g/mol. The number of rotatable bonds is 2. The molecule has 0 saturated heterocycles. The number of aliphatic hydroxyl groups is 1. The molecule has 1 heteroatoms. The summed E-state index contributed by atoms with van der Waals surface area (Å²) in [5.74, 6) is 0.316. The van der Waals surface area contributed by atoms with Gasteiger partial charge in [-0.1, -0.05) is 24.3 Å². The van der Waals surface area contributed by atoms with E-state index in [4.69, 9.17) is 5.11 Å². The van der Waals surface area contributed by atoms with Crippen LogP contribution in [0.1, 0.15) is 13.8 Å². The standard InChI is InChI=1S/C8H12O/c1-4-7(2)5-6-8(3)9/h4-6,9H,1H2,2-3H3/b7-5+,8-6+. The van der Waals surface area contributed by atoms with Crippen LogP contribution in [0.25, 0.3) is 0 Å². The van der Waals surface area contributed by atoms with Crippen molar-refractivity contribution in [1.82, 2.24) is 0 Å². The Morgan fingerprint density at radius 2 is 1.89 bits per heavy atom. The molecule has 0 aromatic carbocycles. The van der Waals surface area contributed by atoms with Gasteiger partial charge in [-0.2, -0.15) is 0 Å². The summed E-state index contributed by atoms with van der Waals surface area (Å²) < 4.78 is 0. The number of hydrogen-bond donors (Lipinski definition) is 1. The minimum absolute atomic E-state index is 0.316. The first-order valence-corrected chi connectivity index (χ1v) is 2.83. The predicted molar refractivity (Wildman–Crippen MR) is 40.3 cm³/mol. The SMILES string of the molecule is C=C/C(C)=C/C=C(\C)O. The largest absolute Gasteiger partial charge is 0.513 e. The minimum atomic E-state index is 0.316. The van der Waals surface area contributed by atoms with Gasteiger partial charge >= 0.3 is 0 Å². The minimum Gasteiger partial charge on any atom is -0.513 e. The molecule has 0 atom stereocenters. The van der Waals surface area contributed by atoms with Gasteiger partial charge in [-0.25, -0.2) is 0 Å². The van der Waals surface area contributed by atoms with Crippen LogP contribution in [-0.4, -0.2) is 5.11 Å². The molecule has 0 aliphatic rings. The van der Waals surface area contributed by atoms with Crippen LogP contribution in [0.15, 0.2) is 36.1 Å². The van der Waals surface area contributed by atoms with Gasteiger partial charge in [0.2, 0.25) is 0 Å². The topological polar surface area (TPSA) is 20.2 Å². The summed E-state index contributed by atoms with van der Waals surface area (Å²) in [7, 11) is 0. The Hall–Kier alpha value is -0.980. The lowest BCUT2D eigenvalue weighted by Crippen LogP contribution is -1.68. The third-order valence-corrected chi connectivity index (χ3v) is 0.909. The fourth-order valence-electron chi connectivity index (χ4n) is 0.320. The lowest BCUT2D eigenvalue weighted by atomic mass is 10.3. The summed E-state index contributed by atoms with van der Waals surface area (Å²) in [5.41, 5.74) is 1.04. The van der Waals surface area contributed by atoms with Crippen molar-refractivity contribution < 1.29 is 5.11 Å². The van der Waals surface area contributed by atoms with Gasteiger partial charge in [-0.15, -0.1) is 0 Å². The zero-order valence-electron chi connectivity index (χ0n) is 5.89.